The van der Waals surface area contributed by atoms with E-state index in [0.717, 1.165) is 16.3 Å². The van der Waals surface area contributed by atoms with Crippen LogP contribution in [0.15, 0.2) is 72.0 Å². The maximum atomic E-state index is 12.2. The second-order valence-corrected chi connectivity index (χ2v) is 6.14. The lowest BCUT2D eigenvalue weighted by molar-refractivity contribution is -0.120. The molecule has 136 valence electrons. The van der Waals surface area contributed by atoms with Crippen LogP contribution in [-0.4, -0.2) is 22.5 Å². The molecule has 0 fully saturated rings. The maximum absolute atomic E-state index is 12.2. The van der Waals surface area contributed by atoms with Crippen molar-refractivity contribution in [3.63, 3.8) is 0 Å². The SMILES string of the molecule is C/C(CC(=O)Nc1ccccn1)=N\NC(=O)Cc1cccc2ccccc12. The minimum Gasteiger partial charge on any atom is -0.310 e. The summed E-state index contributed by atoms with van der Waals surface area (Å²) in [4.78, 5) is 28.2. The zero-order valence-corrected chi connectivity index (χ0v) is 15.0. The minimum absolute atomic E-state index is 0.0745. The molecule has 3 rings (SSSR count). The Morgan fingerprint density at radius 3 is 2.56 bits per heavy atom. The standard InChI is InChI=1S/C21H20N4O2/c1-15(13-20(26)23-19-11-4-5-12-22-19)24-25-21(27)14-17-9-6-8-16-7-2-3-10-18(16)17/h2-12H,13-14H2,1H3,(H,25,27)(H,22,23,26)/b24-15+. The van der Waals surface area contributed by atoms with Gasteiger partial charge in [0.1, 0.15) is 5.82 Å². The number of nitrogens with one attached hydrogen (secondary N) is 2. The lowest BCUT2D eigenvalue weighted by Crippen LogP contribution is -2.23. The van der Waals surface area contributed by atoms with E-state index in [1.165, 1.54) is 0 Å². The highest BCUT2D eigenvalue weighted by atomic mass is 16.2. The molecule has 2 aromatic carbocycles. The first kappa shape index (κ1) is 18.3. The number of rotatable bonds is 6. The molecule has 6 nitrogen and oxygen atoms in total. The molecule has 0 aliphatic heterocycles. The van der Waals surface area contributed by atoms with Crippen LogP contribution in [0.4, 0.5) is 5.82 Å². The topological polar surface area (TPSA) is 83.4 Å². The van der Waals surface area contributed by atoms with Crippen LogP contribution in [0.25, 0.3) is 10.8 Å². The highest BCUT2D eigenvalue weighted by Crippen LogP contribution is 2.18. The molecule has 0 saturated carbocycles. The molecule has 2 N–H and O–H groups in total. The number of carbonyl (C=O) groups is 2. The molecule has 0 aliphatic carbocycles. The summed E-state index contributed by atoms with van der Waals surface area (Å²) in [5.74, 6) is 0.0179. The number of aromatic nitrogens is 1. The number of pyridine rings is 1. The maximum Gasteiger partial charge on any atom is 0.244 e. The van der Waals surface area contributed by atoms with Crippen molar-refractivity contribution in [2.24, 2.45) is 5.10 Å². The van der Waals surface area contributed by atoms with Crippen molar-refractivity contribution >= 4 is 34.1 Å². The van der Waals surface area contributed by atoms with Crippen molar-refractivity contribution in [2.45, 2.75) is 19.8 Å². The average molecular weight is 360 g/mol. The Hall–Kier alpha value is -3.54. The van der Waals surface area contributed by atoms with Gasteiger partial charge < -0.3 is 5.32 Å². The van der Waals surface area contributed by atoms with Gasteiger partial charge >= 0.3 is 0 Å². The summed E-state index contributed by atoms with van der Waals surface area (Å²) < 4.78 is 0. The van der Waals surface area contributed by atoms with Crippen LogP contribution < -0.4 is 10.7 Å². The van der Waals surface area contributed by atoms with Crippen molar-refractivity contribution in [1.82, 2.24) is 10.4 Å². The molecule has 0 unspecified atom stereocenters. The van der Waals surface area contributed by atoms with Crippen LogP contribution in [-0.2, 0) is 16.0 Å². The van der Waals surface area contributed by atoms with Crippen molar-refractivity contribution < 1.29 is 9.59 Å². The van der Waals surface area contributed by atoms with Gasteiger partial charge in [0.15, 0.2) is 0 Å². The summed E-state index contributed by atoms with van der Waals surface area (Å²) in [5, 5.41) is 8.83. The Morgan fingerprint density at radius 1 is 0.963 bits per heavy atom. The van der Waals surface area contributed by atoms with Crippen LogP contribution in [0.3, 0.4) is 0 Å². The van der Waals surface area contributed by atoms with Crippen molar-refractivity contribution in [3.05, 3.63) is 72.4 Å². The summed E-state index contributed by atoms with van der Waals surface area (Å²) in [6, 6.07) is 19.1. The Kier molecular flexibility index (Phi) is 5.89. The summed E-state index contributed by atoms with van der Waals surface area (Å²) in [6.45, 7) is 1.69. The van der Waals surface area contributed by atoms with Crippen molar-refractivity contribution in [2.75, 3.05) is 5.32 Å². The Morgan fingerprint density at radius 2 is 1.74 bits per heavy atom. The third-order valence-corrected chi connectivity index (χ3v) is 3.95. The van der Waals surface area contributed by atoms with Gasteiger partial charge in [-0.15, -0.1) is 0 Å². The fourth-order valence-corrected chi connectivity index (χ4v) is 2.71. The number of carbonyl (C=O) groups excluding carboxylic acids is 2. The average Bonchev–Trinajstić information content (AvgIpc) is 2.67. The van der Waals surface area contributed by atoms with Gasteiger partial charge in [0, 0.05) is 11.9 Å². The van der Waals surface area contributed by atoms with Crippen LogP contribution in [0.1, 0.15) is 18.9 Å². The zero-order valence-electron chi connectivity index (χ0n) is 15.0. The highest BCUT2D eigenvalue weighted by Gasteiger charge is 2.08. The molecule has 0 spiro atoms. The van der Waals surface area contributed by atoms with E-state index in [4.69, 9.17) is 0 Å². The summed E-state index contributed by atoms with van der Waals surface area (Å²) in [7, 11) is 0. The lowest BCUT2D eigenvalue weighted by Gasteiger charge is -2.07. The second-order valence-electron chi connectivity index (χ2n) is 6.14. The Balaban J connectivity index is 1.55. The third-order valence-electron chi connectivity index (χ3n) is 3.95. The van der Waals surface area contributed by atoms with Crippen LogP contribution >= 0.6 is 0 Å². The van der Waals surface area contributed by atoms with E-state index >= 15 is 0 Å². The van der Waals surface area contributed by atoms with E-state index in [-0.39, 0.29) is 24.7 Å². The largest absolute Gasteiger partial charge is 0.310 e. The molecular formula is C21H20N4O2. The number of hydrogen-bond acceptors (Lipinski definition) is 4. The summed E-state index contributed by atoms with van der Waals surface area (Å²) in [6.07, 6.45) is 1.90. The Labute approximate surface area is 157 Å². The number of hydrogen-bond donors (Lipinski definition) is 2. The van der Waals surface area contributed by atoms with Crippen LogP contribution in [0.2, 0.25) is 0 Å². The lowest BCUT2D eigenvalue weighted by atomic mass is 10.0. The number of hydrazone groups is 1. The van der Waals surface area contributed by atoms with Gasteiger partial charge in [0.05, 0.1) is 12.8 Å². The van der Waals surface area contributed by atoms with Gasteiger partial charge in [-0.3, -0.25) is 9.59 Å². The number of benzene rings is 2. The zero-order chi connectivity index (χ0) is 19.1. The highest BCUT2D eigenvalue weighted by molar-refractivity contribution is 6.05. The predicted octanol–water partition coefficient (Wildman–Crippen LogP) is 3.30. The van der Waals surface area contributed by atoms with Crippen molar-refractivity contribution in [3.8, 4) is 0 Å². The molecule has 6 heteroatoms. The first-order valence-corrected chi connectivity index (χ1v) is 8.61. The molecule has 3 aromatic rings. The van der Waals surface area contributed by atoms with E-state index in [1.807, 2.05) is 42.5 Å². The van der Waals surface area contributed by atoms with Gasteiger partial charge in [0.25, 0.3) is 0 Å². The fraction of sp³-hybridized carbons (Fsp3) is 0.143. The summed E-state index contributed by atoms with van der Waals surface area (Å²) in [5.41, 5.74) is 3.96. The normalized spacial score (nSPS) is 11.2. The molecule has 1 heterocycles. The smallest absolute Gasteiger partial charge is 0.244 e. The number of nitrogens with zero attached hydrogens (tertiary/aromatic N) is 2. The molecular weight excluding hydrogens is 340 g/mol. The molecule has 0 saturated heterocycles. The first-order chi connectivity index (χ1) is 13.1. The molecule has 0 bridgehead atoms. The molecule has 0 aliphatic rings. The summed E-state index contributed by atoms with van der Waals surface area (Å²) >= 11 is 0. The Bertz CT molecular complexity index is 978. The van der Waals surface area contributed by atoms with Gasteiger partial charge in [0.2, 0.25) is 11.8 Å². The van der Waals surface area contributed by atoms with Crippen molar-refractivity contribution in [1.29, 1.82) is 0 Å². The predicted molar refractivity (Wildman–Crippen MR) is 106 cm³/mol. The number of anilines is 1. The van der Waals surface area contributed by atoms with E-state index in [2.05, 4.69) is 20.8 Å². The van der Waals surface area contributed by atoms with E-state index in [9.17, 15) is 9.59 Å². The third kappa shape index (κ3) is 5.22. The van der Waals surface area contributed by atoms with Gasteiger partial charge in [-0.2, -0.15) is 5.10 Å². The van der Waals surface area contributed by atoms with Crippen LogP contribution in [0, 0.1) is 0 Å². The molecule has 0 radical (unpaired) electrons. The second kappa shape index (κ2) is 8.71. The van der Waals surface area contributed by atoms with E-state index < -0.39 is 0 Å². The molecule has 1 aromatic heterocycles. The molecule has 2 amide bonds. The van der Waals surface area contributed by atoms with Gasteiger partial charge in [-0.1, -0.05) is 48.5 Å². The molecule has 27 heavy (non-hydrogen) atoms. The number of amides is 2. The fourth-order valence-electron chi connectivity index (χ4n) is 2.71. The monoisotopic (exact) mass is 360 g/mol. The van der Waals surface area contributed by atoms with E-state index in [0.29, 0.717) is 11.5 Å². The van der Waals surface area contributed by atoms with E-state index in [1.54, 1.807) is 31.3 Å². The molecule has 0 atom stereocenters. The quantitative estimate of drug-likeness (QED) is 0.523. The van der Waals surface area contributed by atoms with Crippen LogP contribution in [0.5, 0.6) is 0 Å². The van der Waals surface area contributed by atoms with Gasteiger partial charge in [-0.25, -0.2) is 10.4 Å². The number of fused-ring (bicyclic) bond motifs is 1. The minimum atomic E-state index is -0.238. The first-order valence-electron chi connectivity index (χ1n) is 8.61. The van der Waals surface area contributed by atoms with Gasteiger partial charge in [-0.05, 0) is 35.4 Å².